The van der Waals surface area contributed by atoms with Crippen molar-refractivity contribution in [3.05, 3.63) is 46.6 Å². The van der Waals surface area contributed by atoms with Crippen LogP contribution in [0.25, 0.3) is 10.4 Å². The second-order valence-corrected chi connectivity index (χ2v) is 12.3. The van der Waals surface area contributed by atoms with Crippen molar-refractivity contribution < 1.29 is 46.7 Å². The van der Waals surface area contributed by atoms with E-state index in [-0.39, 0.29) is 24.3 Å². The molecule has 17 nitrogen and oxygen atoms in total. The number of aromatic amines is 1. The van der Waals surface area contributed by atoms with Crippen LogP contribution in [-0.2, 0) is 30.7 Å². The van der Waals surface area contributed by atoms with Gasteiger partial charge in [-0.3, -0.25) is 25.4 Å². The maximum atomic E-state index is 11.3. The van der Waals surface area contributed by atoms with Gasteiger partial charge in [-0.15, -0.1) is 0 Å². The summed E-state index contributed by atoms with van der Waals surface area (Å²) in [5, 5.41) is 24.5. The van der Waals surface area contributed by atoms with E-state index in [9.17, 15) is 26.4 Å². The largest absolute Gasteiger partial charge is 0.508 e. The van der Waals surface area contributed by atoms with Crippen molar-refractivity contribution in [3.8, 4) is 5.75 Å². The number of methoxy groups -OCH3 is 2. The number of carbonyl (C=O) groups is 1. The van der Waals surface area contributed by atoms with Crippen molar-refractivity contribution in [3.63, 3.8) is 0 Å². The van der Waals surface area contributed by atoms with E-state index in [0.29, 0.717) is 30.7 Å². The number of ether oxygens (including phenoxy) is 2. The van der Waals surface area contributed by atoms with Gasteiger partial charge in [-0.25, -0.2) is 13.4 Å². The first-order valence-electron chi connectivity index (χ1n) is 14.2. The lowest BCUT2D eigenvalue weighted by molar-refractivity contribution is -0.325. The number of hydrogen-bond donors (Lipinski definition) is 6. The van der Waals surface area contributed by atoms with E-state index in [1.165, 1.54) is 44.3 Å². The van der Waals surface area contributed by atoms with Crippen molar-refractivity contribution in [1.82, 2.24) is 30.7 Å². The van der Waals surface area contributed by atoms with Gasteiger partial charge >= 0.3 is 6.18 Å². The van der Waals surface area contributed by atoms with Gasteiger partial charge in [0.05, 0.1) is 32.9 Å². The van der Waals surface area contributed by atoms with Crippen molar-refractivity contribution in [2.45, 2.75) is 50.1 Å². The first-order chi connectivity index (χ1) is 22.6. The number of amides is 1. The summed E-state index contributed by atoms with van der Waals surface area (Å²) in [5.41, 5.74) is 16.8. The molecule has 0 radical (unpaired) electrons. The van der Waals surface area contributed by atoms with Gasteiger partial charge in [0.25, 0.3) is 0 Å². The monoisotopic (exact) mass is 734 g/mol. The molecule has 2 aromatic rings. The molecule has 1 aliphatic rings. The van der Waals surface area contributed by atoms with Crippen LogP contribution < -0.4 is 22.1 Å². The zero-order valence-electron chi connectivity index (χ0n) is 28.2. The zero-order valence-corrected chi connectivity index (χ0v) is 29.9. The second kappa shape index (κ2) is 31.1. The summed E-state index contributed by atoms with van der Waals surface area (Å²) in [6.45, 7) is 1.92. The highest BCUT2D eigenvalue weighted by Crippen LogP contribution is 2.17. The summed E-state index contributed by atoms with van der Waals surface area (Å²) in [7, 11) is 3.55. The molecule has 22 heteroatoms. The first kappa shape index (κ1) is 49.2. The lowest BCUT2D eigenvalue weighted by Gasteiger charge is -2.15. The molecule has 9 N–H and O–H groups in total. The van der Waals surface area contributed by atoms with Crippen LogP contribution in [0.4, 0.5) is 13.2 Å². The number of sulfone groups is 1. The Morgan fingerprint density at radius 1 is 1.25 bits per heavy atom. The Balaban J connectivity index is -0.000000544. The van der Waals surface area contributed by atoms with E-state index in [4.69, 9.17) is 15.4 Å². The van der Waals surface area contributed by atoms with Gasteiger partial charge in [-0.2, -0.15) is 18.3 Å². The highest BCUT2D eigenvalue weighted by Gasteiger charge is 2.25. The Labute approximate surface area is 284 Å². The topological polar surface area (TPSA) is 261 Å². The zero-order chi connectivity index (χ0) is 37.4. The SMILES string of the molecule is CCC(N)=O.CN(Cc1ccc(O)cc1)CS(C)(=O)=O.COCNC1CC1.COCNCC(F)(F)F.C[NH3+].[N-]=[N+]=NCSc1ncn[nH]1. The Bertz CT molecular complexity index is 1190. The molecular weight excluding hydrogens is 683 g/mol. The van der Waals surface area contributed by atoms with E-state index in [0.717, 1.165) is 11.6 Å². The third-order valence-electron chi connectivity index (χ3n) is 4.57. The van der Waals surface area contributed by atoms with E-state index in [1.807, 2.05) is 5.32 Å². The maximum absolute atomic E-state index is 11.3. The van der Waals surface area contributed by atoms with Crippen molar-refractivity contribution in [2.75, 3.05) is 66.3 Å². The number of primary amides is 1. The van der Waals surface area contributed by atoms with Gasteiger partial charge in [0.15, 0.2) is 15.0 Å². The number of nitrogens with zero attached hydrogens (tertiary/aromatic N) is 6. The number of aromatic nitrogens is 3. The second-order valence-electron chi connectivity index (χ2n) is 9.24. The minimum atomic E-state index is -4.14. The van der Waals surface area contributed by atoms with Gasteiger partial charge in [0, 0.05) is 44.4 Å². The van der Waals surface area contributed by atoms with Crippen LogP contribution in [-0.4, -0.2) is 118 Å². The number of nitrogens with one attached hydrogen (secondary N) is 3. The minimum Gasteiger partial charge on any atom is -0.508 e. The van der Waals surface area contributed by atoms with Gasteiger partial charge in [-0.1, -0.05) is 35.9 Å². The highest BCUT2D eigenvalue weighted by atomic mass is 32.2. The number of phenols is 1. The summed E-state index contributed by atoms with van der Waals surface area (Å²) in [6, 6.07) is 7.50. The maximum Gasteiger partial charge on any atom is 0.401 e. The number of rotatable bonds is 14. The summed E-state index contributed by atoms with van der Waals surface area (Å²) < 4.78 is 64.9. The van der Waals surface area contributed by atoms with Crippen LogP contribution in [0, 0.1) is 0 Å². The smallest absolute Gasteiger partial charge is 0.401 e. The molecule has 0 unspecified atom stereocenters. The summed E-state index contributed by atoms with van der Waals surface area (Å²) in [4.78, 5) is 17.7. The minimum absolute atomic E-state index is 0.0356. The third-order valence-corrected chi connectivity index (χ3v) is 6.20. The van der Waals surface area contributed by atoms with Gasteiger partial charge in [0.2, 0.25) is 5.91 Å². The van der Waals surface area contributed by atoms with Gasteiger partial charge < -0.3 is 26.0 Å². The predicted molar refractivity (Wildman–Crippen MR) is 178 cm³/mol. The van der Waals surface area contributed by atoms with Crippen LogP contribution in [0.1, 0.15) is 31.7 Å². The third kappa shape index (κ3) is 40.8. The number of alkyl halides is 3. The number of halogens is 3. The Hall–Kier alpha value is -3.21. The molecule has 1 aromatic heterocycles. The Morgan fingerprint density at radius 3 is 2.21 bits per heavy atom. The fourth-order valence-electron chi connectivity index (χ4n) is 2.52. The standard InChI is InChI=1S/C10H15NO3S.C5H11NO.C4H8F3NO.C3H4N6S.C3H7NO.CH5N/c1-11(8-15(2,13)14)7-9-3-5-10(12)6-4-9;1-7-4-6-5-2-3-5;1-9-3-8-2-4(5,6)7;4-9-7-2-10-3-5-1-6-8-3;1-2-3(4)5;1-2/h3-6,12H,7-8H2,1-2H3;5-6H,2-4H2,1H3;8H,2-3H2,1H3;1H,2H2,(H,5,6,8);2H2,1H3,(H2,4,5);2H2,1H3/p+1. The molecule has 48 heavy (non-hydrogen) atoms. The molecule has 1 saturated carbocycles. The van der Waals surface area contributed by atoms with Crippen LogP contribution in [0.5, 0.6) is 5.75 Å². The number of aromatic hydroxyl groups is 1. The lowest BCUT2D eigenvalue weighted by Crippen LogP contribution is -2.40. The molecule has 1 aromatic carbocycles. The van der Waals surface area contributed by atoms with Gasteiger partial charge in [-0.05, 0) is 43.1 Å². The van der Waals surface area contributed by atoms with Crippen LogP contribution in [0.15, 0.2) is 40.9 Å². The number of azide groups is 1. The van der Waals surface area contributed by atoms with Crippen LogP contribution in [0.2, 0.25) is 0 Å². The molecule has 0 atom stereocenters. The van der Waals surface area contributed by atoms with E-state index in [1.54, 1.807) is 57.3 Å². The molecule has 3 rings (SSSR count). The number of quaternary nitrogens is 1. The summed E-state index contributed by atoms with van der Waals surface area (Å²) in [5.74, 6) is 0.342. The van der Waals surface area contributed by atoms with Crippen molar-refractivity contribution in [1.29, 1.82) is 0 Å². The number of nitrogens with two attached hydrogens (primary N) is 1. The quantitative estimate of drug-likeness (QED) is 0.0406. The van der Waals surface area contributed by atoms with E-state index in [2.05, 4.69) is 46.7 Å². The van der Waals surface area contributed by atoms with E-state index < -0.39 is 22.6 Å². The first-order valence-corrected chi connectivity index (χ1v) is 17.2. The number of H-pyrrole nitrogens is 1. The number of thioether (sulfide) groups is 1. The average molecular weight is 735 g/mol. The van der Waals surface area contributed by atoms with Crippen LogP contribution in [0.3, 0.4) is 0 Å². The molecule has 1 fully saturated rings. The predicted octanol–water partition coefficient (Wildman–Crippen LogP) is 1.82. The fourth-order valence-corrected chi connectivity index (χ4v) is 3.88. The molecule has 0 bridgehead atoms. The Kier molecular flexibility index (Phi) is 31.8. The van der Waals surface area contributed by atoms with E-state index >= 15 is 0 Å². The van der Waals surface area contributed by atoms with Crippen LogP contribution >= 0.6 is 11.8 Å². The summed E-state index contributed by atoms with van der Waals surface area (Å²) in [6.07, 6.45) is 1.59. The van der Waals surface area contributed by atoms with Gasteiger partial charge in [0.1, 0.15) is 18.0 Å². The number of hydrogen-bond acceptors (Lipinski definition) is 13. The molecular formula is C26H51F3N11O6S2+. The number of carbonyl (C=O) groups excluding carboxylic acids is 1. The summed E-state index contributed by atoms with van der Waals surface area (Å²) >= 11 is 1.30. The Morgan fingerprint density at radius 2 is 1.81 bits per heavy atom. The molecule has 1 aliphatic carbocycles. The fraction of sp³-hybridized carbons (Fsp3) is 0.654. The molecule has 1 amide bonds. The molecule has 278 valence electrons. The van der Waals surface area contributed by atoms with Crippen molar-refractivity contribution in [2.24, 2.45) is 10.8 Å². The normalized spacial score (nSPS) is 11.6. The highest BCUT2D eigenvalue weighted by molar-refractivity contribution is 7.99. The molecule has 0 aliphatic heterocycles. The molecule has 0 spiro atoms. The molecule has 1 heterocycles. The van der Waals surface area contributed by atoms with Crippen molar-refractivity contribution >= 4 is 27.5 Å². The average Bonchev–Trinajstić information content (AvgIpc) is 3.70. The lowest BCUT2D eigenvalue weighted by atomic mass is 10.2. The number of phenolic OH excluding ortho intramolecular Hbond substituents is 1. The number of benzene rings is 1. The molecule has 0 saturated heterocycles.